The van der Waals surface area contributed by atoms with Crippen molar-refractivity contribution < 1.29 is 0 Å². The molecule has 1 aromatic carbocycles. The zero-order chi connectivity index (χ0) is 15.7. The average Bonchev–Trinajstić information content (AvgIpc) is 2.99. The molecule has 2 heterocycles. The van der Waals surface area contributed by atoms with Crippen LogP contribution < -0.4 is 19.5 Å². The molecule has 3 aromatic rings. The van der Waals surface area contributed by atoms with Crippen LogP contribution in [0.2, 0.25) is 0 Å². The highest BCUT2D eigenvalue weighted by Gasteiger charge is 2.07. The lowest BCUT2D eigenvalue weighted by molar-refractivity contribution is 0.753. The van der Waals surface area contributed by atoms with Crippen LogP contribution in [0, 0.1) is 0 Å². The Hall–Kier alpha value is -1.62. The van der Waals surface area contributed by atoms with Gasteiger partial charge in [0, 0.05) is 0 Å². The quantitative estimate of drug-likeness (QED) is 0.642. The maximum Gasteiger partial charge on any atom is 0.320 e. The number of hydrogen-bond donors (Lipinski definition) is 0. The van der Waals surface area contributed by atoms with Crippen molar-refractivity contribution in [2.75, 3.05) is 0 Å². The van der Waals surface area contributed by atoms with Gasteiger partial charge in [-0.05, 0) is 52.5 Å². The van der Waals surface area contributed by atoms with E-state index in [0.29, 0.717) is 0 Å². The van der Waals surface area contributed by atoms with Crippen molar-refractivity contribution in [1.82, 2.24) is 9.13 Å². The Balaban J connectivity index is 1.82. The van der Waals surface area contributed by atoms with Gasteiger partial charge in [0.15, 0.2) is 0 Å². The van der Waals surface area contributed by atoms with E-state index < -0.39 is 0 Å². The second-order valence-corrected chi connectivity index (χ2v) is 8.45. The highest BCUT2D eigenvalue weighted by atomic mass is 32.9. The standard InChI is InChI=1S/C12H8N2O4S4/c15-9-13(10(16)20-19-9)5-7-1-2-8(4-3-7)6-14-11(17)21-22-12(14)18/h1-4H,5-6H2. The van der Waals surface area contributed by atoms with Crippen LogP contribution in [-0.4, -0.2) is 9.13 Å². The zero-order valence-electron chi connectivity index (χ0n) is 10.9. The Morgan fingerprint density at radius 2 is 0.864 bits per heavy atom. The molecule has 0 amide bonds. The van der Waals surface area contributed by atoms with Crippen molar-refractivity contribution in [2.24, 2.45) is 0 Å². The summed E-state index contributed by atoms with van der Waals surface area (Å²) in [6, 6.07) is 7.15. The smallest absolute Gasteiger partial charge is 0.256 e. The summed E-state index contributed by atoms with van der Waals surface area (Å²) >= 11 is 0. The van der Waals surface area contributed by atoms with E-state index in [-0.39, 0.29) is 32.6 Å². The van der Waals surface area contributed by atoms with E-state index in [0.717, 1.165) is 52.5 Å². The van der Waals surface area contributed by atoms with Crippen LogP contribution in [0.25, 0.3) is 0 Å². The second kappa shape index (κ2) is 6.24. The lowest BCUT2D eigenvalue weighted by atomic mass is 10.1. The van der Waals surface area contributed by atoms with Crippen LogP contribution >= 0.6 is 41.4 Å². The van der Waals surface area contributed by atoms with Gasteiger partial charge in [-0.3, -0.25) is 28.3 Å². The predicted molar refractivity (Wildman–Crippen MR) is 90.1 cm³/mol. The first kappa shape index (κ1) is 15.3. The number of rotatable bonds is 4. The third kappa shape index (κ3) is 3.09. The zero-order valence-corrected chi connectivity index (χ0v) is 14.2. The van der Waals surface area contributed by atoms with Gasteiger partial charge < -0.3 is 0 Å². The number of nitrogens with zero attached hydrogens (tertiary/aromatic N) is 2. The minimum atomic E-state index is -0.263. The number of aromatic nitrogens is 2. The van der Waals surface area contributed by atoms with E-state index in [4.69, 9.17) is 0 Å². The van der Waals surface area contributed by atoms with E-state index >= 15 is 0 Å². The molecule has 114 valence electrons. The lowest BCUT2D eigenvalue weighted by Gasteiger charge is -2.04. The molecule has 0 saturated heterocycles. The largest absolute Gasteiger partial charge is 0.320 e. The van der Waals surface area contributed by atoms with Gasteiger partial charge in [-0.2, -0.15) is 0 Å². The molecule has 6 nitrogen and oxygen atoms in total. The summed E-state index contributed by atoms with van der Waals surface area (Å²) < 4.78 is 2.37. The van der Waals surface area contributed by atoms with E-state index in [1.165, 1.54) is 9.13 Å². The Bertz CT molecular complexity index is 877. The lowest BCUT2D eigenvalue weighted by Crippen LogP contribution is -2.25. The molecule has 0 atom stereocenters. The van der Waals surface area contributed by atoms with Crippen molar-refractivity contribution in [3.63, 3.8) is 0 Å². The van der Waals surface area contributed by atoms with E-state index in [1.54, 1.807) is 24.3 Å². The summed E-state index contributed by atoms with van der Waals surface area (Å²) in [5.41, 5.74) is 1.63. The van der Waals surface area contributed by atoms with Crippen molar-refractivity contribution in [1.29, 1.82) is 0 Å². The fourth-order valence-electron chi connectivity index (χ4n) is 1.85. The minimum absolute atomic E-state index is 0.227. The molecule has 0 fully saturated rings. The second-order valence-electron chi connectivity index (χ2n) is 4.39. The molecule has 3 rings (SSSR count). The van der Waals surface area contributed by atoms with Crippen molar-refractivity contribution in [3.05, 3.63) is 74.1 Å². The van der Waals surface area contributed by atoms with Crippen LogP contribution in [0.5, 0.6) is 0 Å². The summed E-state index contributed by atoms with van der Waals surface area (Å²) in [7, 11) is 3.70. The monoisotopic (exact) mass is 372 g/mol. The molecule has 0 aliphatic heterocycles. The predicted octanol–water partition coefficient (Wildman–Crippen LogP) is 1.07. The van der Waals surface area contributed by atoms with Gasteiger partial charge in [0.2, 0.25) is 0 Å². The Morgan fingerprint density at radius 3 is 1.14 bits per heavy atom. The van der Waals surface area contributed by atoms with Crippen molar-refractivity contribution in [3.8, 4) is 0 Å². The number of hydrogen-bond acceptors (Lipinski definition) is 8. The summed E-state index contributed by atoms with van der Waals surface area (Å²) in [6.45, 7) is 0.455. The van der Waals surface area contributed by atoms with Gasteiger partial charge in [-0.15, -0.1) is 0 Å². The fraction of sp³-hybridized carbons (Fsp3) is 0.167. The third-order valence-corrected chi connectivity index (χ3v) is 6.78. The van der Waals surface area contributed by atoms with Gasteiger partial charge in [-0.1, -0.05) is 24.3 Å². The highest BCUT2D eigenvalue weighted by molar-refractivity contribution is 7.67. The molecular weight excluding hydrogens is 364 g/mol. The van der Waals surface area contributed by atoms with Gasteiger partial charge in [0.25, 0.3) is 0 Å². The summed E-state index contributed by atoms with van der Waals surface area (Å²) in [6.07, 6.45) is 0. The Morgan fingerprint density at radius 1 is 0.591 bits per heavy atom. The molecule has 0 N–H and O–H groups in total. The Kier molecular flexibility index (Phi) is 4.34. The minimum Gasteiger partial charge on any atom is -0.256 e. The van der Waals surface area contributed by atoms with Gasteiger partial charge in [0.1, 0.15) is 0 Å². The normalized spacial score (nSPS) is 10.9. The van der Waals surface area contributed by atoms with Gasteiger partial charge in [-0.25, -0.2) is 0 Å². The SMILES string of the molecule is O=c1ssc(=O)n1Cc1ccc(Cn2c(=O)ssc2=O)cc1. The molecule has 2 aromatic heterocycles. The van der Waals surface area contributed by atoms with Crippen LogP contribution in [0.15, 0.2) is 43.4 Å². The maximum atomic E-state index is 11.5. The van der Waals surface area contributed by atoms with E-state index in [1.807, 2.05) is 0 Å². The van der Waals surface area contributed by atoms with Crippen LogP contribution in [0.4, 0.5) is 0 Å². The molecule has 0 bridgehead atoms. The molecular formula is C12H8N2O4S4. The molecule has 22 heavy (non-hydrogen) atoms. The maximum absolute atomic E-state index is 11.5. The fourth-order valence-corrected chi connectivity index (χ4v) is 5.13. The first-order valence-electron chi connectivity index (χ1n) is 6.02. The molecule has 0 aliphatic rings. The number of benzene rings is 1. The van der Waals surface area contributed by atoms with E-state index in [9.17, 15) is 19.2 Å². The van der Waals surface area contributed by atoms with Gasteiger partial charge in [0.05, 0.1) is 13.1 Å². The van der Waals surface area contributed by atoms with Crippen LogP contribution in [-0.2, 0) is 13.1 Å². The molecule has 0 aliphatic carbocycles. The molecule has 0 spiro atoms. The highest BCUT2D eigenvalue weighted by Crippen LogP contribution is 2.07. The van der Waals surface area contributed by atoms with Crippen molar-refractivity contribution >= 4 is 41.4 Å². The molecule has 0 saturated carbocycles. The molecule has 0 unspecified atom stereocenters. The van der Waals surface area contributed by atoms with Crippen LogP contribution in [0.1, 0.15) is 11.1 Å². The topological polar surface area (TPSA) is 78.1 Å². The average molecular weight is 372 g/mol. The van der Waals surface area contributed by atoms with Gasteiger partial charge >= 0.3 is 19.5 Å². The third-order valence-electron chi connectivity index (χ3n) is 2.95. The molecule has 0 radical (unpaired) electrons. The summed E-state index contributed by atoms with van der Waals surface area (Å²) in [4.78, 5) is 45.0. The first-order chi connectivity index (χ1) is 10.5. The summed E-state index contributed by atoms with van der Waals surface area (Å²) in [5.74, 6) is 0. The summed E-state index contributed by atoms with van der Waals surface area (Å²) in [5, 5.41) is 0. The Labute approximate surface area is 137 Å². The van der Waals surface area contributed by atoms with E-state index in [2.05, 4.69) is 0 Å². The van der Waals surface area contributed by atoms with Crippen LogP contribution in [0.3, 0.4) is 0 Å². The van der Waals surface area contributed by atoms with Crippen molar-refractivity contribution in [2.45, 2.75) is 13.1 Å². The molecule has 10 heteroatoms. The first-order valence-corrected chi connectivity index (χ1v) is 10.3.